The topological polar surface area (TPSA) is 85.8 Å². The Labute approximate surface area is 102 Å². The van der Waals surface area contributed by atoms with Gasteiger partial charge in [-0.1, -0.05) is 19.1 Å². The third kappa shape index (κ3) is 3.52. The van der Waals surface area contributed by atoms with Crippen molar-refractivity contribution in [1.29, 1.82) is 0 Å². The molecule has 1 unspecified atom stereocenters. The van der Waals surface area contributed by atoms with E-state index in [1.54, 1.807) is 17.8 Å². The van der Waals surface area contributed by atoms with Crippen LogP contribution < -0.4 is 11.1 Å². The number of amides is 1. The molecule has 1 aromatic heterocycles. The Hall–Kier alpha value is -1.43. The van der Waals surface area contributed by atoms with E-state index in [0.717, 1.165) is 12.8 Å². The molecule has 0 bridgehead atoms. The van der Waals surface area contributed by atoms with Crippen LogP contribution in [0, 0.1) is 0 Å². The maximum absolute atomic E-state index is 11.9. The summed E-state index contributed by atoms with van der Waals surface area (Å²) >= 11 is 0. The standard InChI is InChI=1S/C11H21N5O/c1-4-9(5-2)13-11(17)8(3)16-7-10(6-12)14-15-16/h7-9H,4-6,12H2,1-3H3,(H,13,17). The van der Waals surface area contributed by atoms with Gasteiger partial charge in [-0.2, -0.15) is 0 Å². The molecule has 0 saturated carbocycles. The van der Waals surface area contributed by atoms with Gasteiger partial charge in [0.15, 0.2) is 0 Å². The lowest BCUT2D eigenvalue weighted by Gasteiger charge is -2.18. The molecule has 6 heteroatoms. The van der Waals surface area contributed by atoms with Crippen LogP contribution in [0.2, 0.25) is 0 Å². The molecule has 96 valence electrons. The zero-order chi connectivity index (χ0) is 12.8. The van der Waals surface area contributed by atoms with Gasteiger partial charge in [0.2, 0.25) is 5.91 Å². The van der Waals surface area contributed by atoms with E-state index in [1.165, 1.54) is 0 Å². The van der Waals surface area contributed by atoms with Crippen molar-refractivity contribution in [3.05, 3.63) is 11.9 Å². The molecule has 1 heterocycles. The Morgan fingerprint density at radius 1 is 1.53 bits per heavy atom. The van der Waals surface area contributed by atoms with E-state index < -0.39 is 0 Å². The maximum Gasteiger partial charge on any atom is 0.244 e. The lowest BCUT2D eigenvalue weighted by atomic mass is 10.1. The summed E-state index contributed by atoms with van der Waals surface area (Å²) in [4.78, 5) is 11.9. The molecule has 1 atom stereocenters. The largest absolute Gasteiger partial charge is 0.352 e. The number of nitrogens with one attached hydrogen (secondary N) is 1. The monoisotopic (exact) mass is 239 g/mol. The molecule has 3 N–H and O–H groups in total. The van der Waals surface area contributed by atoms with Crippen LogP contribution in [0.3, 0.4) is 0 Å². The fraction of sp³-hybridized carbons (Fsp3) is 0.727. The molecule has 0 aliphatic heterocycles. The number of aromatic nitrogens is 3. The first-order chi connectivity index (χ1) is 8.12. The highest BCUT2D eigenvalue weighted by Crippen LogP contribution is 2.06. The fourth-order valence-corrected chi connectivity index (χ4v) is 1.53. The van der Waals surface area contributed by atoms with Gasteiger partial charge in [-0.05, 0) is 19.8 Å². The van der Waals surface area contributed by atoms with E-state index in [1.807, 2.05) is 0 Å². The van der Waals surface area contributed by atoms with Gasteiger partial charge in [0.1, 0.15) is 6.04 Å². The van der Waals surface area contributed by atoms with Crippen LogP contribution >= 0.6 is 0 Å². The second-order valence-electron chi connectivity index (χ2n) is 4.09. The summed E-state index contributed by atoms with van der Waals surface area (Å²) in [6.45, 7) is 6.25. The number of carbonyl (C=O) groups excluding carboxylic acids is 1. The maximum atomic E-state index is 11.9. The summed E-state index contributed by atoms with van der Waals surface area (Å²) in [6, 6.07) is -0.133. The fourth-order valence-electron chi connectivity index (χ4n) is 1.53. The second-order valence-corrected chi connectivity index (χ2v) is 4.09. The Morgan fingerprint density at radius 2 is 2.18 bits per heavy atom. The number of hydrogen-bond donors (Lipinski definition) is 2. The molecule has 0 radical (unpaired) electrons. The quantitative estimate of drug-likeness (QED) is 0.761. The summed E-state index contributed by atoms with van der Waals surface area (Å²) in [5, 5.41) is 10.7. The number of nitrogens with zero attached hydrogens (tertiary/aromatic N) is 3. The first-order valence-electron chi connectivity index (χ1n) is 6.03. The zero-order valence-corrected chi connectivity index (χ0v) is 10.7. The summed E-state index contributed by atoms with van der Waals surface area (Å²) in [5.41, 5.74) is 6.13. The van der Waals surface area contributed by atoms with Crippen molar-refractivity contribution in [3.8, 4) is 0 Å². The highest BCUT2D eigenvalue weighted by Gasteiger charge is 2.18. The summed E-state index contributed by atoms with van der Waals surface area (Å²) in [7, 11) is 0. The Kier molecular flexibility index (Phi) is 5.09. The van der Waals surface area contributed by atoms with Gasteiger partial charge < -0.3 is 11.1 Å². The van der Waals surface area contributed by atoms with Crippen molar-refractivity contribution >= 4 is 5.91 Å². The summed E-state index contributed by atoms with van der Waals surface area (Å²) < 4.78 is 1.54. The van der Waals surface area contributed by atoms with Crippen LogP contribution in [0.25, 0.3) is 0 Å². The van der Waals surface area contributed by atoms with Crippen molar-refractivity contribution in [1.82, 2.24) is 20.3 Å². The highest BCUT2D eigenvalue weighted by atomic mass is 16.2. The molecule has 1 aromatic rings. The van der Waals surface area contributed by atoms with E-state index in [0.29, 0.717) is 12.2 Å². The molecule has 0 aliphatic carbocycles. The van der Waals surface area contributed by atoms with Crippen LogP contribution in [-0.2, 0) is 11.3 Å². The van der Waals surface area contributed by atoms with Gasteiger partial charge in [0.05, 0.1) is 11.9 Å². The first kappa shape index (κ1) is 13.6. The predicted molar refractivity (Wildman–Crippen MR) is 65.1 cm³/mol. The minimum absolute atomic E-state index is 0.0350. The van der Waals surface area contributed by atoms with Crippen LogP contribution in [0.1, 0.15) is 45.3 Å². The number of rotatable bonds is 6. The third-order valence-corrected chi connectivity index (χ3v) is 2.88. The molecular formula is C11H21N5O. The van der Waals surface area contributed by atoms with E-state index in [4.69, 9.17) is 5.73 Å². The van der Waals surface area contributed by atoms with Crippen LogP contribution in [-0.4, -0.2) is 26.9 Å². The molecule has 17 heavy (non-hydrogen) atoms. The minimum Gasteiger partial charge on any atom is -0.352 e. The highest BCUT2D eigenvalue weighted by molar-refractivity contribution is 5.80. The number of hydrogen-bond acceptors (Lipinski definition) is 4. The average molecular weight is 239 g/mol. The molecule has 6 nitrogen and oxygen atoms in total. The molecule has 0 aliphatic rings. The van der Waals surface area contributed by atoms with Gasteiger partial charge >= 0.3 is 0 Å². The lowest BCUT2D eigenvalue weighted by Crippen LogP contribution is -2.38. The van der Waals surface area contributed by atoms with Crippen molar-refractivity contribution in [3.63, 3.8) is 0 Å². The Balaban J connectivity index is 2.62. The predicted octanol–water partition coefficient (Wildman–Crippen LogP) is 0.603. The van der Waals surface area contributed by atoms with Gasteiger partial charge in [-0.25, -0.2) is 4.68 Å². The minimum atomic E-state index is -0.358. The van der Waals surface area contributed by atoms with Gasteiger partial charge in [-0.15, -0.1) is 5.10 Å². The van der Waals surface area contributed by atoms with Crippen molar-refractivity contribution in [2.75, 3.05) is 0 Å². The molecular weight excluding hydrogens is 218 g/mol. The van der Waals surface area contributed by atoms with E-state index in [-0.39, 0.29) is 18.0 Å². The normalized spacial score (nSPS) is 12.8. The Bertz CT molecular complexity index is 358. The van der Waals surface area contributed by atoms with E-state index in [2.05, 4.69) is 29.5 Å². The van der Waals surface area contributed by atoms with Crippen LogP contribution in [0.4, 0.5) is 0 Å². The zero-order valence-electron chi connectivity index (χ0n) is 10.7. The average Bonchev–Trinajstić information content (AvgIpc) is 2.83. The number of carbonyl (C=O) groups is 1. The molecule has 0 spiro atoms. The molecule has 1 amide bonds. The Morgan fingerprint density at radius 3 is 2.65 bits per heavy atom. The van der Waals surface area contributed by atoms with Crippen molar-refractivity contribution < 1.29 is 4.79 Å². The van der Waals surface area contributed by atoms with Crippen molar-refractivity contribution in [2.24, 2.45) is 5.73 Å². The first-order valence-corrected chi connectivity index (χ1v) is 6.03. The molecule has 1 rings (SSSR count). The third-order valence-electron chi connectivity index (χ3n) is 2.88. The second kappa shape index (κ2) is 6.34. The number of nitrogens with two attached hydrogens (primary N) is 1. The van der Waals surface area contributed by atoms with E-state index in [9.17, 15) is 4.79 Å². The smallest absolute Gasteiger partial charge is 0.244 e. The molecule has 0 fully saturated rings. The summed E-state index contributed by atoms with van der Waals surface area (Å²) in [6.07, 6.45) is 3.57. The van der Waals surface area contributed by atoms with Crippen molar-refractivity contribution in [2.45, 2.75) is 52.2 Å². The molecule has 0 aromatic carbocycles. The van der Waals surface area contributed by atoms with Gasteiger partial charge in [-0.3, -0.25) is 4.79 Å². The van der Waals surface area contributed by atoms with E-state index >= 15 is 0 Å². The molecule has 0 saturated heterocycles. The van der Waals surface area contributed by atoms with Crippen LogP contribution in [0.5, 0.6) is 0 Å². The summed E-state index contributed by atoms with van der Waals surface area (Å²) in [5.74, 6) is -0.0350. The lowest BCUT2D eigenvalue weighted by molar-refractivity contribution is -0.124. The van der Waals surface area contributed by atoms with Gasteiger partial charge in [0, 0.05) is 12.6 Å². The van der Waals surface area contributed by atoms with Crippen LogP contribution in [0.15, 0.2) is 6.20 Å². The SMILES string of the molecule is CCC(CC)NC(=O)C(C)n1cc(CN)nn1. The van der Waals surface area contributed by atoms with Gasteiger partial charge in [0.25, 0.3) is 0 Å².